The van der Waals surface area contributed by atoms with Crippen LogP contribution in [0.4, 0.5) is 0 Å². The molecule has 0 fully saturated rings. The molecule has 164 valence electrons. The molecule has 0 amide bonds. The molecule has 1 aliphatic heterocycles. The van der Waals surface area contributed by atoms with Crippen LogP contribution in [0.15, 0.2) is 84.9 Å². The summed E-state index contributed by atoms with van der Waals surface area (Å²) in [7, 11) is 0. The van der Waals surface area contributed by atoms with E-state index in [1.165, 1.54) is 6.07 Å². The van der Waals surface area contributed by atoms with Crippen LogP contribution in [-0.4, -0.2) is 20.4 Å². The molecule has 1 aliphatic rings. The average molecular weight is 438 g/mol. The number of ether oxygens (including phenoxy) is 1. The molecule has 33 heavy (non-hydrogen) atoms. The first kappa shape index (κ1) is 20.5. The van der Waals surface area contributed by atoms with Crippen LogP contribution in [0.5, 0.6) is 28.7 Å². The minimum absolute atomic E-state index is 0.0220. The van der Waals surface area contributed by atoms with Gasteiger partial charge in [-0.15, -0.1) is 0 Å². The molecule has 0 saturated heterocycles. The highest BCUT2D eigenvalue weighted by Crippen LogP contribution is 2.50. The molecule has 0 aromatic heterocycles. The van der Waals surface area contributed by atoms with Crippen molar-refractivity contribution in [3.63, 3.8) is 0 Å². The Balaban J connectivity index is 1.56. The summed E-state index contributed by atoms with van der Waals surface area (Å²) in [4.78, 5) is 0. The first-order valence-electron chi connectivity index (χ1n) is 10.6. The van der Waals surface area contributed by atoms with Gasteiger partial charge in [0.15, 0.2) is 0 Å². The maximum atomic E-state index is 10.1. The summed E-state index contributed by atoms with van der Waals surface area (Å²) in [5.41, 5.74) is 4.46. The van der Waals surface area contributed by atoms with Crippen LogP contribution >= 0.6 is 0 Å². The van der Waals surface area contributed by atoms with Gasteiger partial charge in [-0.1, -0.05) is 42.5 Å². The van der Waals surface area contributed by atoms with Crippen molar-refractivity contribution in [2.75, 3.05) is 0 Å². The molecule has 0 saturated carbocycles. The largest absolute Gasteiger partial charge is 0.508 e. The summed E-state index contributed by atoms with van der Waals surface area (Å²) < 4.78 is 6.31. The van der Waals surface area contributed by atoms with Crippen molar-refractivity contribution >= 4 is 12.2 Å². The van der Waals surface area contributed by atoms with E-state index in [0.717, 1.165) is 33.6 Å². The van der Waals surface area contributed by atoms with Gasteiger partial charge in [-0.3, -0.25) is 0 Å². The molecular weight excluding hydrogens is 416 g/mol. The third-order valence-corrected chi connectivity index (χ3v) is 5.79. The van der Waals surface area contributed by atoms with Crippen molar-refractivity contribution in [3.05, 3.63) is 113 Å². The van der Waals surface area contributed by atoms with Crippen LogP contribution in [0.3, 0.4) is 0 Å². The maximum Gasteiger partial charge on any atom is 0.135 e. The molecule has 5 nitrogen and oxygen atoms in total. The van der Waals surface area contributed by atoms with Gasteiger partial charge in [0.1, 0.15) is 34.9 Å². The molecule has 0 bridgehead atoms. The van der Waals surface area contributed by atoms with Crippen molar-refractivity contribution in [1.29, 1.82) is 0 Å². The molecule has 4 N–H and O–H groups in total. The van der Waals surface area contributed by atoms with Crippen LogP contribution in [-0.2, 0) is 0 Å². The van der Waals surface area contributed by atoms with Gasteiger partial charge >= 0.3 is 0 Å². The highest BCUT2D eigenvalue weighted by Gasteiger charge is 2.37. The molecule has 0 spiro atoms. The number of benzene rings is 4. The summed E-state index contributed by atoms with van der Waals surface area (Å²) in [5.74, 6) is 0.798. The number of phenolic OH excluding ortho intramolecular Hbond substituents is 4. The van der Waals surface area contributed by atoms with Gasteiger partial charge < -0.3 is 25.2 Å². The molecule has 4 aromatic carbocycles. The number of rotatable bonds is 4. The Labute approximate surface area is 191 Å². The van der Waals surface area contributed by atoms with E-state index in [1.807, 2.05) is 54.6 Å². The standard InChI is InChI=1S/C28H22O5/c29-21-8-3-17(4-9-21)1-2-18-5-12-26-25(13-18)27(20-14-23(31)16-24(32)15-20)28(33-26)19-6-10-22(30)11-7-19/h1-16,27-32H/b2-1-/t27-,28+/m1/s1. The molecule has 1 heterocycles. The lowest BCUT2D eigenvalue weighted by Gasteiger charge is -2.20. The first-order valence-corrected chi connectivity index (χ1v) is 10.6. The summed E-state index contributed by atoms with van der Waals surface area (Å²) in [5, 5.41) is 39.4. The lowest BCUT2D eigenvalue weighted by molar-refractivity contribution is 0.222. The van der Waals surface area contributed by atoms with E-state index in [-0.39, 0.29) is 28.9 Å². The van der Waals surface area contributed by atoms with E-state index >= 15 is 0 Å². The zero-order valence-electron chi connectivity index (χ0n) is 17.6. The fourth-order valence-electron chi connectivity index (χ4n) is 4.24. The van der Waals surface area contributed by atoms with E-state index in [9.17, 15) is 20.4 Å². The molecule has 4 aromatic rings. The summed E-state index contributed by atoms with van der Waals surface area (Å²) in [6, 6.07) is 24.3. The van der Waals surface area contributed by atoms with Gasteiger partial charge in [0.2, 0.25) is 0 Å². The van der Waals surface area contributed by atoms with Gasteiger partial charge in [-0.05, 0) is 70.8 Å². The van der Waals surface area contributed by atoms with Crippen molar-refractivity contribution in [3.8, 4) is 28.7 Å². The second-order valence-electron chi connectivity index (χ2n) is 8.11. The van der Waals surface area contributed by atoms with Gasteiger partial charge in [-0.25, -0.2) is 0 Å². The Morgan fingerprint density at radius 2 is 1.12 bits per heavy atom. The van der Waals surface area contributed by atoms with Crippen LogP contribution < -0.4 is 4.74 Å². The van der Waals surface area contributed by atoms with Crippen molar-refractivity contribution in [2.45, 2.75) is 12.0 Å². The smallest absolute Gasteiger partial charge is 0.135 e. The Morgan fingerprint density at radius 1 is 0.545 bits per heavy atom. The minimum Gasteiger partial charge on any atom is -0.508 e. The second kappa shape index (κ2) is 8.28. The number of hydrogen-bond donors (Lipinski definition) is 4. The quantitative estimate of drug-likeness (QED) is 0.296. The topological polar surface area (TPSA) is 90.2 Å². The van der Waals surface area contributed by atoms with Gasteiger partial charge in [0.25, 0.3) is 0 Å². The van der Waals surface area contributed by atoms with E-state index in [2.05, 4.69) is 0 Å². The Hall–Kier alpha value is -4.38. The van der Waals surface area contributed by atoms with E-state index in [4.69, 9.17) is 4.74 Å². The third kappa shape index (κ3) is 4.21. The zero-order chi connectivity index (χ0) is 22.9. The molecule has 0 unspecified atom stereocenters. The predicted octanol–water partition coefficient (Wildman–Crippen LogP) is 5.95. The lowest BCUT2D eigenvalue weighted by atomic mass is 9.84. The zero-order valence-corrected chi connectivity index (χ0v) is 17.6. The van der Waals surface area contributed by atoms with Crippen molar-refractivity contribution in [2.24, 2.45) is 0 Å². The molecule has 0 radical (unpaired) electrons. The Kier molecular flexibility index (Phi) is 5.15. The predicted molar refractivity (Wildman–Crippen MR) is 127 cm³/mol. The van der Waals surface area contributed by atoms with Crippen LogP contribution in [0.1, 0.15) is 39.8 Å². The van der Waals surface area contributed by atoms with E-state index in [0.29, 0.717) is 0 Å². The number of fused-ring (bicyclic) bond motifs is 1. The Morgan fingerprint density at radius 3 is 1.79 bits per heavy atom. The number of hydrogen-bond acceptors (Lipinski definition) is 5. The molecular formula is C28H22O5. The highest BCUT2D eigenvalue weighted by atomic mass is 16.5. The van der Waals surface area contributed by atoms with Crippen molar-refractivity contribution in [1.82, 2.24) is 0 Å². The average Bonchev–Trinajstić information content (AvgIpc) is 3.17. The van der Waals surface area contributed by atoms with Gasteiger partial charge in [-0.2, -0.15) is 0 Å². The number of phenols is 4. The van der Waals surface area contributed by atoms with Crippen LogP contribution in [0, 0.1) is 0 Å². The summed E-state index contributed by atoms with van der Waals surface area (Å²) in [6.45, 7) is 0. The highest BCUT2D eigenvalue weighted by molar-refractivity contribution is 5.71. The van der Waals surface area contributed by atoms with Gasteiger partial charge in [0.05, 0.1) is 5.92 Å². The van der Waals surface area contributed by atoms with Crippen LogP contribution in [0.25, 0.3) is 12.2 Å². The summed E-state index contributed by atoms with van der Waals surface area (Å²) in [6.07, 6.45) is 3.55. The third-order valence-electron chi connectivity index (χ3n) is 5.79. The fraction of sp³-hybridized carbons (Fsp3) is 0.0714. The summed E-state index contributed by atoms with van der Waals surface area (Å²) >= 11 is 0. The fourth-order valence-corrected chi connectivity index (χ4v) is 4.24. The molecule has 2 atom stereocenters. The normalized spacial score (nSPS) is 17.1. The molecule has 5 rings (SSSR count). The monoisotopic (exact) mass is 438 g/mol. The lowest BCUT2D eigenvalue weighted by Crippen LogP contribution is -2.11. The second-order valence-corrected chi connectivity index (χ2v) is 8.11. The number of aromatic hydroxyl groups is 4. The SMILES string of the molecule is Oc1ccc(/C=C\c2ccc3c(c2)[C@@H](c2cc(O)cc(O)c2)[C@H](c2ccc(O)cc2)O3)cc1. The Bertz CT molecular complexity index is 1300. The first-order chi connectivity index (χ1) is 16.0. The van der Waals surface area contributed by atoms with Crippen LogP contribution in [0.2, 0.25) is 0 Å². The minimum atomic E-state index is -0.391. The van der Waals surface area contributed by atoms with Crippen molar-refractivity contribution < 1.29 is 25.2 Å². The maximum absolute atomic E-state index is 10.1. The van der Waals surface area contributed by atoms with Gasteiger partial charge in [0, 0.05) is 11.6 Å². The van der Waals surface area contributed by atoms with E-state index < -0.39 is 6.10 Å². The molecule has 0 aliphatic carbocycles. The van der Waals surface area contributed by atoms with E-state index in [1.54, 1.807) is 36.4 Å². The molecule has 5 heteroatoms.